The van der Waals surface area contributed by atoms with Crippen molar-refractivity contribution in [3.05, 3.63) is 72.1 Å². The van der Waals surface area contributed by atoms with E-state index in [1.807, 2.05) is 36.4 Å². The number of benzene rings is 2. The lowest BCUT2D eigenvalue weighted by molar-refractivity contribution is 0.303. The van der Waals surface area contributed by atoms with Crippen LogP contribution in [0.5, 0.6) is 0 Å². The van der Waals surface area contributed by atoms with Crippen molar-refractivity contribution >= 4 is 28.5 Å². The number of anilines is 3. The first-order valence-electron chi connectivity index (χ1n) is 9.93. The van der Waals surface area contributed by atoms with E-state index < -0.39 is 0 Å². The Bertz CT molecular complexity index is 1040. The third kappa shape index (κ3) is 2.75. The van der Waals surface area contributed by atoms with Gasteiger partial charge in [0.05, 0.1) is 53.4 Å². The lowest BCUT2D eigenvalue weighted by atomic mass is 9.93. The highest BCUT2D eigenvalue weighted by Gasteiger charge is 2.37. The van der Waals surface area contributed by atoms with Crippen molar-refractivity contribution < 1.29 is 10.2 Å². The van der Waals surface area contributed by atoms with Crippen molar-refractivity contribution in [1.29, 1.82) is 0 Å². The minimum Gasteiger partial charge on any atom is -0.395 e. The molecule has 3 aliphatic rings. The molecule has 0 saturated heterocycles. The van der Waals surface area contributed by atoms with Gasteiger partial charge in [0, 0.05) is 25.8 Å². The van der Waals surface area contributed by atoms with Crippen LogP contribution in [0.25, 0.3) is 0 Å². The summed E-state index contributed by atoms with van der Waals surface area (Å²) in [4.78, 5) is 11.5. The fourth-order valence-electron chi connectivity index (χ4n) is 4.50. The molecule has 0 bridgehead atoms. The largest absolute Gasteiger partial charge is 0.395 e. The molecule has 0 amide bonds. The second-order valence-electron chi connectivity index (χ2n) is 7.40. The van der Waals surface area contributed by atoms with Crippen molar-refractivity contribution in [3.63, 3.8) is 0 Å². The molecule has 1 unspecified atom stereocenters. The third-order valence-electron chi connectivity index (χ3n) is 5.80. The molecule has 0 fully saturated rings. The number of para-hydroxylation sites is 4. The van der Waals surface area contributed by atoms with E-state index >= 15 is 0 Å². The molecule has 6 heteroatoms. The molecule has 1 atom stereocenters. The van der Waals surface area contributed by atoms with Gasteiger partial charge in [-0.2, -0.15) is 0 Å². The van der Waals surface area contributed by atoms with E-state index in [0.717, 1.165) is 39.9 Å². The standard InChI is InChI=1S/C23H24N4O2/c1-25-19-8-4-5-9-20(19)27(11-13-29)23-14-17-21(15-22(23)25)26(10-12-28)18-7-3-2-6-16(18)24-17/h2-9,14-15,22,28-29H,10-13H2,1H3. The molecular formula is C23H24N4O2. The number of fused-ring (bicyclic) bond motifs is 4. The SMILES string of the molecule is CN1c2ccccc2N(CCO)C2=CC3=Nc4ccccc4N(CCO)C3=CC21. The smallest absolute Gasteiger partial charge is 0.0899 e. The van der Waals surface area contributed by atoms with Gasteiger partial charge in [-0.15, -0.1) is 0 Å². The molecule has 2 aliphatic heterocycles. The Morgan fingerprint density at radius 1 is 0.862 bits per heavy atom. The Hall–Kier alpha value is -3.09. The summed E-state index contributed by atoms with van der Waals surface area (Å²) in [6.07, 6.45) is 4.35. The molecule has 0 spiro atoms. The summed E-state index contributed by atoms with van der Waals surface area (Å²) in [7, 11) is 2.10. The highest BCUT2D eigenvalue weighted by atomic mass is 16.3. The van der Waals surface area contributed by atoms with Gasteiger partial charge in [-0.05, 0) is 36.4 Å². The van der Waals surface area contributed by atoms with Crippen LogP contribution in [0.1, 0.15) is 0 Å². The molecule has 6 nitrogen and oxygen atoms in total. The fourth-order valence-corrected chi connectivity index (χ4v) is 4.50. The average Bonchev–Trinajstić information content (AvgIpc) is 2.76. The monoisotopic (exact) mass is 388 g/mol. The van der Waals surface area contributed by atoms with Crippen LogP contribution in [0.2, 0.25) is 0 Å². The minimum absolute atomic E-state index is 0.0249. The number of likely N-dealkylation sites (N-methyl/N-ethyl adjacent to an activating group) is 1. The Morgan fingerprint density at radius 3 is 2.28 bits per heavy atom. The van der Waals surface area contributed by atoms with E-state index in [1.165, 1.54) is 0 Å². The number of aliphatic hydroxyl groups is 2. The maximum Gasteiger partial charge on any atom is 0.0899 e. The Kier molecular flexibility index (Phi) is 4.38. The summed E-state index contributed by atoms with van der Waals surface area (Å²) in [5.74, 6) is 0. The molecule has 0 radical (unpaired) electrons. The number of hydrogen-bond acceptors (Lipinski definition) is 6. The van der Waals surface area contributed by atoms with E-state index in [4.69, 9.17) is 4.99 Å². The van der Waals surface area contributed by atoms with Crippen LogP contribution < -0.4 is 14.7 Å². The Balaban J connectivity index is 1.68. The predicted molar refractivity (Wildman–Crippen MR) is 117 cm³/mol. The quantitative estimate of drug-likeness (QED) is 0.843. The van der Waals surface area contributed by atoms with Gasteiger partial charge in [-0.25, -0.2) is 4.99 Å². The molecule has 29 heavy (non-hydrogen) atoms. The zero-order valence-electron chi connectivity index (χ0n) is 16.4. The molecule has 0 aromatic heterocycles. The Labute approximate surface area is 170 Å². The van der Waals surface area contributed by atoms with Crippen molar-refractivity contribution in [2.24, 2.45) is 4.99 Å². The maximum atomic E-state index is 9.71. The molecule has 2 N–H and O–H groups in total. The predicted octanol–water partition coefficient (Wildman–Crippen LogP) is 2.67. The van der Waals surface area contributed by atoms with Crippen molar-refractivity contribution in [2.45, 2.75) is 6.04 Å². The van der Waals surface area contributed by atoms with E-state index in [9.17, 15) is 10.2 Å². The van der Waals surface area contributed by atoms with Gasteiger partial charge < -0.3 is 24.9 Å². The molecule has 0 saturated carbocycles. The summed E-state index contributed by atoms with van der Waals surface area (Å²) < 4.78 is 0. The van der Waals surface area contributed by atoms with E-state index in [1.54, 1.807) is 0 Å². The lowest BCUT2D eigenvalue weighted by Gasteiger charge is -2.46. The molecule has 148 valence electrons. The summed E-state index contributed by atoms with van der Waals surface area (Å²) >= 11 is 0. The molecule has 2 heterocycles. The summed E-state index contributed by atoms with van der Waals surface area (Å²) in [6.45, 7) is 1.18. The van der Waals surface area contributed by atoms with Gasteiger partial charge in [0.25, 0.3) is 0 Å². The number of allylic oxidation sites excluding steroid dienone is 1. The van der Waals surface area contributed by atoms with Crippen LogP contribution in [-0.4, -0.2) is 55.3 Å². The van der Waals surface area contributed by atoms with E-state index in [0.29, 0.717) is 13.1 Å². The van der Waals surface area contributed by atoms with Crippen LogP contribution in [0.3, 0.4) is 0 Å². The number of aliphatic imine (C=N–C) groups is 1. The zero-order chi connectivity index (χ0) is 20.0. The second kappa shape index (κ2) is 7.06. The number of hydrogen-bond donors (Lipinski definition) is 2. The van der Waals surface area contributed by atoms with E-state index in [-0.39, 0.29) is 19.3 Å². The minimum atomic E-state index is 0.0249. The zero-order valence-corrected chi connectivity index (χ0v) is 16.4. The summed E-state index contributed by atoms with van der Waals surface area (Å²) in [5.41, 5.74) is 7.14. The molecule has 5 rings (SSSR count). The van der Waals surface area contributed by atoms with Crippen molar-refractivity contribution in [1.82, 2.24) is 0 Å². The number of nitrogens with zero attached hydrogens (tertiary/aromatic N) is 4. The van der Waals surface area contributed by atoms with Crippen LogP contribution in [-0.2, 0) is 0 Å². The number of rotatable bonds is 4. The number of aliphatic hydroxyl groups excluding tert-OH is 2. The highest BCUT2D eigenvalue weighted by molar-refractivity contribution is 6.16. The van der Waals surface area contributed by atoms with E-state index in [2.05, 4.69) is 46.0 Å². The first kappa shape index (κ1) is 18.0. The third-order valence-corrected chi connectivity index (χ3v) is 5.80. The average molecular weight is 388 g/mol. The highest BCUT2D eigenvalue weighted by Crippen LogP contribution is 2.44. The van der Waals surface area contributed by atoms with Crippen molar-refractivity contribution in [2.75, 3.05) is 48.1 Å². The normalized spacial score (nSPS) is 19.5. The van der Waals surface area contributed by atoms with Gasteiger partial charge in [0.1, 0.15) is 0 Å². The topological polar surface area (TPSA) is 62.5 Å². The first-order chi connectivity index (χ1) is 14.2. The van der Waals surface area contributed by atoms with Crippen LogP contribution in [0, 0.1) is 0 Å². The lowest BCUT2D eigenvalue weighted by Crippen LogP contribution is -2.48. The van der Waals surface area contributed by atoms with Crippen LogP contribution in [0.4, 0.5) is 22.7 Å². The maximum absolute atomic E-state index is 9.71. The first-order valence-corrected chi connectivity index (χ1v) is 9.93. The fraction of sp³-hybridized carbons (Fsp3) is 0.261. The van der Waals surface area contributed by atoms with Gasteiger partial charge >= 0.3 is 0 Å². The Morgan fingerprint density at radius 2 is 1.52 bits per heavy atom. The molecule has 1 aliphatic carbocycles. The van der Waals surface area contributed by atoms with Gasteiger partial charge in [0.15, 0.2) is 0 Å². The van der Waals surface area contributed by atoms with Crippen molar-refractivity contribution in [3.8, 4) is 0 Å². The van der Waals surface area contributed by atoms with Crippen LogP contribution >= 0.6 is 0 Å². The molecule has 2 aromatic carbocycles. The molecular weight excluding hydrogens is 364 g/mol. The summed E-state index contributed by atoms with van der Waals surface area (Å²) in [5, 5.41) is 19.4. The van der Waals surface area contributed by atoms with Crippen LogP contribution in [0.15, 0.2) is 77.1 Å². The second-order valence-corrected chi connectivity index (χ2v) is 7.40. The van der Waals surface area contributed by atoms with Gasteiger partial charge in [0.2, 0.25) is 0 Å². The molecule has 2 aromatic rings. The van der Waals surface area contributed by atoms with Gasteiger partial charge in [-0.1, -0.05) is 24.3 Å². The van der Waals surface area contributed by atoms with Gasteiger partial charge in [-0.3, -0.25) is 0 Å². The number of β-amino-alcohol motifs (C(OH)–C–C–N with tert-alkyl or cyclic N) is 2. The summed E-state index contributed by atoms with van der Waals surface area (Å²) in [6, 6.07) is 16.3.